The minimum atomic E-state index is -4.82. The van der Waals surface area contributed by atoms with Crippen LogP contribution in [-0.4, -0.2) is 62.5 Å². The molecule has 0 bridgehead atoms. The van der Waals surface area contributed by atoms with E-state index in [1.165, 1.54) is 18.3 Å². The number of piperidine rings is 1. The van der Waals surface area contributed by atoms with Crippen LogP contribution in [0.5, 0.6) is 0 Å². The maximum atomic E-state index is 14.0. The van der Waals surface area contributed by atoms with Crippen LogP contribution in [0.15, 0.2) is 57.7 Å². The predicted octanol–water partition coefficient (Wildman–Crippen LogP) is 5.17. The molecular weight excluding hydrogens is 543 g/mol. The molecule has 5 rings (SSSR count). The van der Waals surface area contributed by atoms with E-state index < -0.39 is 35.2 Å². The molecule has 4 aromatic rings. The summed E-state index contributed by atoms with van der Waals surface area (Å²) in [5.41, 5.74) is -0.525. The number of hydrogen-bond acceptors (Lipinski definition) is 10. The van der Waals surface area contributed by atoms with Crippen LogP contribution in [0, 0.1) is 5.92 Å². The van der Waals surface area contributed by atoms with Crippen molar-refractivity contribution in [2.45, 2.75) is 38.5 Å². The number of aromatic nitrogens is 4. The number of β-amino-alcohol motifs (C(OH)–C–C–N with tert-alkyl or cyclic N) is 1. The minimum absolute atomic E-state index is 0.0113. The Kier molecular flexibility index (Phi) is 8.45. The highest BCUT2D eigenvalue weighted by Crippen LogP contribution is 2.42. The number of pyridine rings is 1. The zero-order valence-electron chi connectivity index (χ0n) is 22.2. The Morgan fingerprint density at radius 2 is 1.98 bits per heavy atom. The van der Waals surface area contributed by atoms with E-state index in [2.05, 4.69) is 25.2 Å². The Hall–Kier alpha value is -4.10. The molecule has 3 aromatic heterocycles. The summed E-state index contributed by atoms with van der Waals surface area (Å²) in [6.07, 6.45) is -2.01. The van der Waals surface area contributed by atoms with Gasteiger partial charge in [0.05, 0.1) is 18.4 Å². The largest absolute Gasteiger partial charge is 0.466 e. The molecule has 0 aliphatic carbocycles. The van der Waals surface area contributed by atoms with Gasteiger partial charge < -0.3 is 23.8 Å². The summed E-state index contributed by atoms with van der Waals surface area (Å²) in [5.74, 6) is -1.15. The lowest BCUT2D eigenvalue weighted by Gasteiger charge is -2.33. The van der Waals surface area contributed by atoms with Gasteiger partial charge in [-0.15, -0.1) is 0 Å². The average molecular weight is 572 g/mol. The van der Waals surface area contributed by atoms with E-state index in [1.54, 1.807) is 37.3 Å². The molecule has 2 unspecified atom stereocenters. The normalized spacial score (nSPS) is 17.0. The quantitative estimate of drug-likeness (QED) is 0.269. The smallest absolute Gasteiger partial charge is 0.422 e. The summed E-state index contributed by atoms with van der Waals surface area (Å²) < 4.78 is 57.1. The third kappa shape index (κ3) is 6.63. The van der Waals surface area contributed by atoms with Crippen molar-refractivity contribution in [3.05, 3.63) is 59.8 Å². The van der Waals surface area contributed by atoms with Crippen molar-refractivity contribution in [3.8, 4) is 34.4 Å². The number of rotatable bonds is 9. The van der Waals surface area contributed by atoms with Gasteiger partial charge >= 0.3 is 12.1 Å². The zero-order chi connectivity index (χ0) is 29.0. The zero-order valence-corrected chi connectivity index (χ0v) is 22.2. The lowest BCUT2D eigenvalue weighted by atomic mass is 9.94. The van der Waals surface area contributed by atoms with Crippen LogP contribution in [0.4, 0.5) is 13.2 Å². The second-order valence-corrected chi connectivity index (χ2v) is 9.79. The summed E-state index contributed by atoms with van der Waals surface area (Å²) in [6, 6.07) is 11.2. The van der Waals surface area contributed by atoms with E-state index in [4.69, 9.17) is 13.8 Å². The highest BCUT2D eigenvalue weighted by molar-refractivity contribution is 5.70. The number of aliphatic hydroxyl groups is 1. The summed E-state index contributed by atoms with van der Waals surface area (Å²) >= 11 is 0. The third-order valence-corrected chi connectivity index (χ3v) is 6.85. The first-order valence-electron chi connectivity index (χ1n) is 13.2. The fraction of sp³-hybridized carbons (Fsp3) is 0.393. The average Bonchev–Trinajstić information content (AvgIpc) is 3.62. The van der Waals surface area contributed by atoms with Crippen LogP contribution in [0.1, 0.15) is 43.4 Å². The van der Waals surface area contributed by atoms with Crippen LogP contribution in [0.2, 0.25) is 0 Å². The number of carbonyl (C=O) groups is 1. The molecule has 10 nitrogen and oxygen atoms in total. The molecule has 0 spiro atoms. The monoisotopic (exact) mass is 571 g/mol. The first-order chi connectivity index (χ1) is 19.7. The summed E-state index contributed by atoms with van der Waals surface area (Å²) in [5, 5.41) is 18.2. The van der Waals surface area contributed by atoms with Crippen molar-refractivity contribution in [1.29, 1.82) is 0 Å². The second-order valence-electron chi connectivity index (χ2n) is 9.79. The first-order valence-corrected chi connectivity index (χ1v) is 13.2. The number of aliphatic hydroxyl groups excluding tert-OH is 1. The number of esters is 1. The van der Waals surface area contributed by atoms with Crippen molar-refractivity contribution >= 4 is 5.97 Å². The molecule has 0 amide bonds. The molecule has 2 atom stereocenters. The van der Waals surface area contributed by atoms with Crippen molar-refractivity contribution in [2.24, 2.45) is 5.92 Å². The summed E-state index contributed by atoms with van der Waals surface area (Å²) in [7, 11) is 0. The molecule has 0 radical (unpaired) electrons. The topological polar surface area (TPSA) is 128 Å². The van der Waals surface area contributed by atoms with E-state index in [-0.39, 0.29) is 23.4 Å². The fourth-order valence-corrected chi connectivity index (χ4v) is 4.95. The molecule has 1 N–H and O–H groups in total. The third-order valence-electron chi connectivity index (χ3n) is 6.85. The SMILES string of the molecule is CCOC(=O)CC1CCCN(CC(O)c2ccc(-c3noc(-c4onc(-c5ccccn5)c4C(F)(F)F)n3)cc2)C1. The molecule has 41 heavy (non-hydrogen) atoms. The Bertz CT molecular complexity index is 1460. The Labute approximate surface area is 233 Å². The highest BCUT2D eigenvalue weighted by Gasteiger charge is 2.43. The second kappa shape index (κ2) is 12.2. The minimum Gasteiger partial charge on any atom is -0.466 e. The molecule has 1 aliphatic heterocycles. The van der Waals surface area contributed by atoms with Crippen LogP contribution >= 0.6 is 0 Å². The molecule has 1 saturated heterocycles. The van der Waals surface area contributed by atoms with Crippen molar-refractivity contribution in [1.82, 2.24) is 25.2 Å². The van der Waals surface area contributed by atoms with Gasteiger partial charge in [-0.3, -0.25) is 9.78 Å². The van der Waals surface area contributed by atoms with E-state index in [0.717, 1.165) is 19.4 Å². The standard InChI is InChI=1S/C28H28F3N5O5/c1-2-39-22(38)14-17-6-5-13-36(15-17)16-21(37)18-8-10-19(11-9-18)26-33-27(41-35-26)25-23(28(29,30)31)24(34-40-25)20-7-3-4-12-32-20/h3-4,7-12,17,21,37H,2,5-6,13-16H2,1H3. The highest BCUT2D eigenvalue weighted by atomic mass is 19.4. The summed E-state index contributed by atoms with van der Waals surface area (Å²) in [4.78, 5) is 22.0. The Morgan fingerprint density at radius 1 is 1.17 bits per heavy atom. The molecule has 1 aliphatic rings. The Morgan fingerprint density at radius 3 is 2.68 bits per heavy atom. The number of nitrogens with zero attached hydrogens (tertiary/aromatic N) is 5. The predicted molar refractivity (Wildman–Crippen MR) is 139 cm³/mol. The maximum absolute atomic E-state index is 14.0. The van der Waals surface area contributed by atoms with Gasteiger partial charge in [0.2, 0.25) is 11.6 Å². The van der Waals surface area contributed by atoms with E-state index in [9.17, 15) is 23.1 Å². The molecule has 216 valence electrons. The molecular formula is C28H28F3N5O5. The molecule has 13 heteroatoms. The van der Waals surface area contributed by atoms with Gasteiger partial charge in [0.1, 0.15) is 11.3 Å². The Balaban J connectivity index is 1.28. The molecule has 4 heterocycles. The van der Waals surface area contributed by atoms with Crippen LogP contribution in [0.25, 0.3) is 34.4 Å². The van der Waals surface area contributed by atoms with Gasteiger partial charge in [-0.25, -0.2) is 0 Å². The van der Waals surface area contributed by atoms with Crippen LogP contribution in [-0.2, 0) is 15.7 Å². The molecule has 0 saturated carbocycles. The number of carbonyl (C=O) groups excluding carboxylic acids is 1. The van der Waals surface area contributed by atoms with Gasteiger partial charge in [0.15, 0.2) is 0 Å². The van der Waals surface area contributed by atoms with E-state index >= 15 is 0 Å². The van der Waals surface area contributed by atoms with Crippen LogP contribution < -0.4 is 0 Å². The fourth-order valence-electron chi connectivity index (χ4n) is 4.95. The number of ether oxygens (including phenoxy) is 1. The number of alkyl halides is 3. The van der Waals surface area contributed by atoms with E-state index in [1.807, 2.05) is 0 Å². The van der Waals surface area contributed by atoms with E-state index in [0.29, 0.717) is 37.2 Å². The number of likely N-dealkylation sites (tertiary alicyclic amines) is 1. The van der Waals surface area contributed by atoms with Crippen molar-refractivity contribution in [3.63, 3.8) is 0 Å². The van der Waals surface area contributed by atoms with Crippen molar-refractivity contribution < 1.29 is 36.9 Å². The first kappa shape index (κ1) is 28.4. The van der Waals surface area contributed by atoms with Gasteiger partial charge in [-0.05, 0) is 49.9 Å². The number of halogens is 3. The number of hydrogen-bond donors (Lipinski definition) is 1. The number of benzene rings is 1. The van der Waals surface area contributed by atoms with Gasteiger partial charge in [0.25, 0.3) is 5.89 Å². The summed E-state index contributed by atoms with van der Waals surface area (Å²) in [6.45, 7) is 4.06. The van der Waals surface area contributed by atoms with Crippen LogP contribution in [0.3, 0.4) is 0 Å². The van der Waals surface area contributed by atoms with Gasteiger partial charge in [-0.1, -0.05) is 40.6 Å². The molecule has 1 fully saturated rings. The lowest BCUT2D eigenvalue weighted by molar-refractivity contribution is -0.144. The van der Waals surface area contributed by atoms with Gasteiger partial charge in [-0.2, -0.15) is 18.2 Å². The molecule has 1 aromatic carbocycles. The maximum Gasteiger partial charge on any atom is 0.422 e. The van der Waals surface area contributed by atoms with Gasteiger partial charge in [0, 0.05) is 31.3 Å². The lowest BCUT2D eigenvalue weighted by Crippen LogP contribution is -2.38. The van der Waals surface area contributed by atoms with Crippen molar-refractivity contribution in [2.75, 3.05) is 26.2 Å².